The van der Waals surface area contributed by atoms with E-state index in [-0.39, 0.29) is 0 Å². The van der Waals surface area contributed by atoms with E-state index in [0.29, 0.717) is 0 Å². The maximum Gasteiger partial charge on any atom is 0.163 e. The first kappa shape index (κ1) is 13.0. The predicted molar refractivity (Wildman–Crippen MR) is 86.3 cm³/mol. The highest BCUT2D eigenvalue weighted by Gasteiger charge is 2.31. The van der Waals surface area contributed by atoms with Crippen LogP contribution in [0, 0.1) is 11.8 Å². The van der Waals surface area contributed by atoms with Gasteiger partial charge in [-0.1, -0.05) is 19.1 Å². The van der Waals surface area contributed by atoms with Crippen molar-refractivity contribution in [1.82, 2.24) is 10.3 Å². The Labute approximate surface area is 128 Å². The number of fused-ring (bicyclic) bond motifs is 1. The van der Waals surface area contributed by atoms with Crippen molar-refractivity contribution in [3.8, 4) is 10.8 Å². The molecule has 4 heteroatoms. The molecule has 1 aromatic carbocycles. The molecular formula is C17H18N2OS. The lowest BCUT2D eigenvalue weighted by atomic mass is 10.3. The summed E-state index contributed by atoms with van der Waals surface area (Å²) in [5, 5.41) is 4.43. The maximum atomic E-state index is 5.91. The zero-order valence-electron chi connectivity index (χ0n) is 12.0. The normalized spacial score (nSPS) is 21.0. The van der Waals surface area contributed by atoms with Gasteiger partial charge in [0, 0.05) is 0 Å². The summed E-state index contributed by atoms with van der Waals surface area (Å²) in [5.74, 6) is 3.61. The molecule has 0 aliphatic heterocycles. The average Bonchev–Trinajstić information content (AvgIpc) is 2.94. The highest BCUT2D eigenvalue weighted by Crippen LogP contribution is 2.37. The van der Waals surface area contributed by atoms with Gasteiger partial charge in [0.2, 0.25) is 0 Å². The van der Waals surface area contributed by atoms with Crippen LogP contribution >= 0.6 is 11.3 Å². The summed E-state index contributed by atoms with van der Waals surface area (Å²) in [5.41, 5.74) is 1.04. The molecule has 2 unspecified atom stereocenters. The number of hydrogen-bond donors (Lipinski definition) is 1. The van der Waals surface area contributed by atoms with E-state index in [1.807, 2.05) is 30.3 Å². The fourth-order valence-corrected chi connectivity index (χ4v) is 3.56. The first-order chi connectivity index (χ1) is 10.3. The second kappa shape index (κ2) is 5.28. The standard InChI is InChI=1S/C17H18N2OS/c1-11-8-12(11)9-18-10-13-6-7-15(20-13)17-19-14-4-2-3-5-16(14)21-17/h2-7,11-12,18H,8-10H2,1H3. The number of aromatic nitrogens is 1. The molecule has 4 rings (SSSR count). The van der Waals surface area contributed by atoms with Crippen molar-refractivity contribution in [3.05, 3.63) is 42.2 Å². The highest BCUT2D eigenvalue weighted by molar-refractivity contribution is 7.21. The summed E-state index contributed by atoms with van der Waals surface area (Å²) in [4.78, 5) is 4.63. The van der Waals surface area contributed by atoms with E-state index >= 15 is 0 Å². The van der Waals surface area contributed by atoms with Gasteiger partial charge in [-0.05, 0) is 49.1 Å². The molecule has 2 atom stereocenters. The van der Waals surface area contributed by atoms with E-state index < -0.39 is 0 Å². The van der Waals surface area contributed by atoms with Crippen LogP contribution in [0.4, 0.5) is 0 Å². The van der Waals surface area contributed by atoms with Crippen molar-refractivity contribution in [2.45, 2.75) is 19.9 Å². The largest absolute Gasteiger partial charge is 0.457 e. The molecule has 2 heterocycles. The number of nitrogens with zero attached hydrogens (tertiary/aromatic N) is 1. The van der Waals surface area contributed by atoms with Gasteiger partial charge in [0.25, 0.3) is 0 Å². The lowest BCUT2D eigenvalue weighted by molar-refractivity contribution is 0.485. The third kappa shape index (κ3) is 2.74. The molecule has 0 saturated heterocycles. The quantitative estimate of drug-likeness (QED) is 0.763. The van der Waals surface area contributed by atoms with Gasteiger partial charge in [-0.25, -0.2) is 4.98 Å². The molecule has 3 nitrogen and oxygen atoms in total. The molecule has 108 valence electrons. The number of para-hydroxylation sites is 1. The Morgan fingerprint density at radius 2 is 2.14 bits per heavy atom. The maximum absolute atomic E-state index is 5.91. The predicted octanol–water partition coefficient (Wildman–Crippen LogP) is 4.30. The van der Waals surface area contributed by atoms with Gasteiger partial charge in [-0.15, -0.1) is 11.3 Å². The molecule has 0 radical (unpaired) electrons. The smallest absolute Gasteiger partial charge is 0.163 e. The zero-order chi connectivity index (χ0) is 14.2. The zero-order valence-corrected chi connectivity index (χ0v) is 12.8. The van der Waals surface area contributed by atoms with Crippen molar-refractivity contribution in [2.75, 3.05) is 6.54 Å². The first-order valence-corrected chi connectivity index (χ1v) is 8.26. The van der Waals surface area contributed by atoms with Crippen LogP contribution < -0.4 is 5.32 Å². The van der Waals surface area contributed by atoms with Gasteiger partial charge in [0.15, 0.2) is 10.8 Å². The minimum atomic E-state index is 0.800. The highest BCUT2D eigenvalue weighted by atomic mass is 32.1. The van der Waals surface area contributed by atoms with E-state index in [1.165, 1.54) is 11.1 Å². The summed E-state index contributed by atoms with van der Waals surface area (Å²) in [7, 11) is 0. The molecule has 1 saturated carbocycles. The Kier molecular flexibility index (Phi) is 3.28. The third-order valence-corrected chi connectivity index (χ3v) is 5.20. The summed E-state index contributed by atoms with van der Waals surface area (Å²) < 4.78 is 7.11. The number of furan rings is 1. The van der Waals surface area contributed by atoms with Crippen molar-refractivity contribution in [3.63, 3.8) is 0 Å². The topological polar surface area (TPSA) is 38.1 Å². The van der Waals surface area contributed by atoms with Crippen LogP contribution in [0.15, 0.2) is 40.8 Å². The van der Waals surface area contributed by atoms with Crippen molar-refractivity contribution < 1.29 is 4.42 Å². The number of benzene rings is 1. The molecule has 0 bridgehead atoms. The molecule has 1 fully saturated rings. The van der Waals surface area contributed by atoms with Crippen molar-refractivity contribution >= 4 is 21.6 Å². The molecule has 2 aromatic heterocycles. The second-order valence-corrected chi connectivity index (χ2v) is 6.89. The molecule has 21 heavy (non-hydrogen) atoms. The van der Waals surface area contributed by atoms with Crippen LogP contribution in [-0.4, -0.2) is 11.5 Å². The SMILES string of the molecule is CC1CC1CNCc1ccc(-c2nc3ccccc3s2)o1. The van der Waals surface area contributed by atoms with E-state index in [9.17, 15) is 0 Å². The minimum Gasteiger partial charge on any atom is -0.457 e. The Morgan fingerprint density at radius 1 is 1.29 bits per heavy atom. The monoisotopic (exact) mass is 298 g/mol. The van der Waals surface area contributed by atoms with Crippen molar-refractivity contribution in [2.24, 2.45) is 11.8 Å². The average molecular weight is 298 g/mol. The molecule has 1 N–H and O–H groups in total. The fraction of sp³-hybridized carbons (Fsp3) is 0.353. The Hall–Kier alpha value is -1.65. The van der Waals surface area contributed by atoms with Gasteiger partial charge in [-0.2, -0.15) is 0 Å². The number of rotatable bonds is 5. The second-order valence-electron chi connectivity index (χ2n) is 5.86. The fourth-order valence-electron chi connectivity index (χ4n) is 2.63. The van der Waals surface area contributed by atoms with Gasteiger partial charge in [0.05, 0.1) is 16.8 Å². The van der Waals surface area contributed by atoms with Crippen LogP contribution in [0.2, 0.25) is 0 Å². The lowest BCUT2D eigenvalue weighted by Gasteiger charge is -2.00. The van der Waals surface area contributed by atoms with Crippen molar-refractivity contribution in [1.29, 1.82) is 0 Å². The minimum absolute atomic E-state index is 0.800. The summed E-state index contributed by atoms with van der Waals surface area (Å²) in [6, 6.07) is 12.3. The Morgan fingerprint density at radius 3 is 2.95 bits per heavy atom. The summed E-state index contributed by atoms with van der Waals surface area (Å²) >= 11 is 1.68. The van der Waals surface area contributed by atoms with Gasteiger partial charge in [-0.3, -0.25) is 0 Å². The van der Waals surface area contributed by atoms with Crippen LogP contribution in [0.3, 0.4) is 0 Å². The lowest BCUT2D eigenvalue weighted by Crippen LogP contribution is -2.16. The van der Waals surface area contributed by atoms with Gasteiger partial charge in [0.1, 0.15) is 5.76 Å². The first-order valence-electron chi connectivity index (χ1n) is 7.45. The van der Waals surface area contributed by atoms with Crippen LogP contribution in [0.25, 0.3) is 21.0 Å². The van der Waals surface area contributed by atoms with Gasteiger partial charge < -0.3 is 9.73 Å². The van der Waals surface area contributed by atoms with E-state index in [4.69, 9.17) is 4.42 Å². The molecule has 0 spiro atoms. The van der Waals surface area contributed by atoms with E-state index in [0.717, 1.165) is 47.0 Å². The summed E-state index contributed by atoms with van der Waals surface area (Å²) in [6.07, 6.45) is 1.36. The molecular weight excluding hydrogens is 280 g/mol. The molecule has 1 aliphatic rings. The number of hydrogen-bond acceptors (Lipinski definition) is 4. The van der Waals surface area contributed by atoms with E-state index in [2.05, 4.69) is 23.3 Å². The summed E-state index contributed by atoms with van der Waals surface area (Å²) in [6.45, 7) is 4.21. The third-order valence-electron chi connectivity index (χ3n) is 4.15. The number of nitrogens with one attached hydrogen (secondary N) is 1. The Bertz CT molecular complexity index is 728. The molecule has 1 aliphatic carbocycles. The molecule has 3 aromatic rings. The Balaban J connectivity index is 1.45. The van der Waals surface area contributed by atoms with Crippen LogP contribution in [-0.2, 0) is 6.54 Å². The molecule has 0 amide bonds. The van der Waals surface area contributed by atoms with Crippen LogP contribution in [0.5, 0.6) is 0 Å². The van der Waals surface area contributed by atoms with Crippen LogP contribution in [0.1, 0.15) is 19.1 Å². The number of thiazole rings is 1. The van der Waals surface area contributed by atoms with E-state index in [1.54, 1.807) is 11.3 Å². The van der Waals surface area contributed by atoms with Gasteiger partial charge >= 0.3 is 0 Å².